The summed E-state index contributed by atoms with van der Waals surface area (Å²) in [5.74, 6) is 0.840. The Morgan fingerprint density at radius 3 is 1.39 bits per heavy atom. The van der Waals surface area contributed by atoms with E-state index in [0.29, 0.717) is 110 Å². The summed E-state index contributed by atoms with van der Waals surface area (Å²) >= 11 is 11.5. The van der Waals surface area contributed by atoms with Gasteiger partial charge in [0, 0.05) is 128 Å². The van der Waals surface area contributed by atoms with Gasteiger partial charge in [0.1, 0.15) is 11.6 Å². The Morgan fingerprint density at radius 1 is 0.508 bits per heavy atom. The highest BCUT2D eigenvalue weighted by molar-refractivity contribution is 6.18. The van der Waals surface area contributed by atoms with Crippen LogP contribution in [0.25, 0.3) is 0 Å². The minimum Gasteiger partial charge on any atom is -0.391 e. The van der Waals surface area contributed by atoms with Crippen LogP contribution in [0, 0.1) is 0 Å². The van der Waals surface area contributed by atoms with Crippen molar-refractivity contribution >= 4 is 46.6 Å². The molecule has 0 aliphatic rings. The molecule has 0 aliphatic carbocycles. The van der Waals surface area contributed by atoms with Crippen LogP contribution in [0.3, 0.4) is 0 Å². The van der Waals surface area contributed by atoms with Gasteiger partial charge in [-0.25, -0.2) is 0 Å². The number of Topliss-reactive ketones (excluding diaryl/α,β-unsaturated/α-hetero) is 2. The van der Waals surface area contributed by atoms with E-state index in [0.717, 1.165) is 90.9 Å². The number of carbonyl (C=O) groups is 4. The first kappa shape index (κ1) is 57.5. The monoisotopic (exact) mass is 881 g/mol. The Hall–Kier alpha value is -1.46. The van der Waals surface area contributed by atoms with Crippen LogP contribution in [-0.4, -0.2) is 184 Å². The summed E-state index contributed by atoms with van der Waals surface area (Å²) in [6.07, 6.45) is 10.5. The van der Waals surface area contributed by atoms with Gasteiger partial charge in [0.15, 0.2) is 0 Å². The molecule has 2 amide bonds. The average molecular weight is 882 g/mol. The van der Waals surface area contributed by atoms with Crippen molar-refractivity contribution in [2.75, 3.05) is 117 Å². The number of nitrogens with one attached hydrogen (secondary N) is 5. The molecule has 3 unspecified atom stereocenters. The van der Waals surface area contributed by atoms with Gasteiger partial charge >= 0.3 is 0 Å². The molecule has 0 aromatic carbocycles. The van der Waals surface area contributed by atoms with Gasteiger partial charge < -0.3 is 41.7 Å². The Labute approximate surface area is 368 Å². The largest absolute Gasteiger partial charge is 0.391 e. The first-order valence-electron chi connectivity index (χ1n) is 22.8. The third kappa shape index (κ3) is 35.8. The fourth-order valence-electron chi connectivity index (χ4n) is 6.86. The third-order valence-corrected chi connectivity index (χ3v) is 11.0. The maximum absolute atomic E-state index is 12.7. The zero-order valence-corrected chi connectivity index (χ0v) is 39.0. The maximum atomic E-state index is 12.7. The zero-order chi connectivity index (χ0) is 43.9. The Balaban J connectivity index is 4.35. The topological polar surface area (TPSA) is 179 Å². The summed E-state index contributed by atoms with van der Waals surface area (Å²) in [5, 5.41) is 35.6. The Bertz CT molecular complexity index is 1050. The molecule has 14 nitrogen and oxygen atoms in total. The van der Waals surface area contributed by atoms with Crippen molar-refractivity contribution in [2.24, 2.45) is 0 Å². The first-order valence-corrected chi connectivity index (χ1v) is 23.8. The minimum absolute atomic E-state index is 0.0102. The van der Waals surface area contributed by atoms with Crippen LogP contribution in [0.15, 0.2) is 0 Å². The molecule has 16 heteroatoms. The van der Waals surface area contributed by atoms with Crippen LogP contribution >= 0.6 is 23.2 Å². The number of amides is 2. The van der Waals surface area contributed by atoms with E-state index in [1.807, 2.05) is 14.1 Å². The average Bonchev–Trinajstić information content (AvgIpc) is 3.22. The third-order valence-electron chi connectivity index (χ3n) is 10.3. The van der Waals surface area contributed by atoms with Gasteiger partial charge in [-0.2, -0.15) is 0 Å². The van der Waals surface area contributed by atoms with Gasteiger partial charge in [-0.05, 0) is 85.1 Å². The minimum atomic E-state index is -0.596. The molecule has 0 aromatic heterocycles. The Morgan fingerprint density at radius 2 is 0.932 bits per heavy atom. The summed E-state index contributed by atoms with van der Waals surface area (Å²) in [4.78, 5) is 56.6. The van der Waals surface area contributed by atoms with E-state index in [-0.39, 0.29) is 35.1 Å². The van der Waals surface area contributed by atoms with Gasteiger partial charge in [-0.1, -0.05) is 26.7 Å². The molecule has 0 saturated heterocycles. The van der Waals surface area contributed by atoms with E-state index < -0.39 is 12.2 Å². The van der Waals surface area contributed by atoms with E-state index in [1.54, 1.807) is 0 Å². The second kappa shape index (κ2) is 40.6. The molecule has 0 radical (unpaired) electrons. The van der Waals surface area contributed by atoms with Gasteiger partial charge in [0.25, 0.3) is 0 Å². The summed E-state index contributed by atoms with van der Waals surface area (Å²) in [7, 11) is 3.76. The molecule has 0 saturated carbocycles. The van der Waals surface area contributed by atoms with Gasteiger partial charge in [0.05, 0.1) is 12.2 Å². The highest BCUT2D eigenvalue weighted by atomic mass is 35.5. The molecule has 0 fully saturated rings. The van der Waals surface area contributed by atoms with Crippen molar-refractivity contribution < 1.29 is 29.4 Å². The summed E-state index contributed by atoms with van der Waals surface area (Å²) < 4.78 is 0. The van der Waals surface area contributed by atoms with Crippen molar-refractivity contribution in [2.45, 2.75) is 135 Å². The van der Waals surface area contributed by atoms with Crippen LogP contribution in [0.5, 0.6) is 0 Å². The molecule has 0 spiro atoms. The lowest BCUT2D eigenvalue weighted by molar-refractivity contribution is -0.122. The van der Waals surface area contributed by atoms with Crippen molar-refractivity contribution in [1.29, 1.82) is 0 Å². The fourth-order valence-corrected chi connectivity index (χ4v) is 7.05. The number of hydrogen-bond acceptors (Lipinski definition) is 12. The Kier molecular flexibility index (Phi) is 39.6. The lowest BCUT2D eigenvalue weighted by Gasteiger charge is -2.28. The zero-order valence-electron chi connectivity index (χ0n) is 37.5. The molecule has 348 valence electrons. The molecular weight excluding hydrogens is 795 g/mol. The summed E-state index contributed by atoms with van der Waals surface area (Å²) in [6, 6.07) is 0.335. The van der Waals surface area contributed by atoms with Crippen molar-refractivity contribution in [1.82, 2.24) is 41.3 Å². The second-order valence-corrected chi connectivity index (χ2v) is 16.5. The number of unbranched alkanes of at least 4 members (excludes halogenated alkanes) is 3. The molecule has 0 bridgehead atoms. The van der Waals surface area contributed by atoms with E-state index in [9.17, 15) is 29.4 Å². The standard InChI is InChI=1S/C43H86Cl2N8O6/c1-5-7-26-51(27-13-18-39(55)16-9-11-20-43(59)50-25-31-53(29-23-47-4)36-41(57)33-45)34-37(14-6-2)48-21-12-17-38(54)15-8-10-19-42(58)49-24-30-52(28-22-46-3)35-40(56)32-44/h37,40-41,46-48,56-57H,5-36H2,1-4H3,(H,49,58)(H,50,59). The van der Waals surface area contributed by atoms with Crippen LogP contribution in [-0.2, 0) is 19.2 Å². The predicted octanol–water partition coefficient (Wildman–Crippen LogP) is 3.14. The van der Waals surface area contributed by atoms with Crippen molar-refractivity contribution in [3.8, 4) is 0 Å². The highest BCUT2D eigenvalue weighted by Crippen LogP contribution is 2.10. The van der Waals surface area contributed by atoms with Gasteiger partial charge in [-0.15, -0.1) is 23.2 Å². The van der Waals surface area contributed by atoms with Crippen LogP contribution < -0.4 is 26.6 Å². The number of likely N-dealkylation sites (N-methyl/N-ethyl adjacent to an activating group) is 2. The molecule has 0 heterocycles. The number of ketones is 2. The molecule has 3 atom stereocenters. The lowest BCUT2D eigenvalue weighted by atomic mass is 10.1. The summed E-state index contributed by atoms with van der Waals surface area (Å²) in [6.45, 7) is 14.3. The van der Waals surface area contributed by atoms with Gasteiger partial charge in [0.2, 0.25) is 11.8 Å². The number of nitrogens with zero attached hydrogens (tertiary/aromatic N) is 3. The van der Waals surface area contributed by atoms with Gasteiger partial charge in [-0.3, -0.25) is 29.0 Å². The number of alkyl halides is 2. The second-order valence-electron chi connectivity index (χ2n) is 15.9. The predicted molar refractivity (Wildman–Crippen MR) is 244 cm³/mol. The molecule has 7 N–H and O–H groups in total. The number of rotatable bonds is 44. The quantitative estimate of drug-likeness (QED) is 0.0352. The summed E-state index contributed by atoms with van der Waals surface area (Å²) in [5.41, 5.74) is 0. The molecule has 0 aliphatic heterocycles. The first-order chi connectivity index (χ1) is 28.5. The normalized spacial score (nSPS) is 13.3. The van der Waals surface area contributed by atoms with Crippen molar-refractivity contribution in [3.63, 3.8) is 0 Å². The van der Waals surface area contributed by atoms with E-state index in [1.165, 1.54) is 0 Å². The van der Waals surface area contributed by atoms with Crippen LogP contribution in [0.4, 0.5) is 0 Å². The number of aliphatic hydroxyl groups excluding tert-OH is 2. The highest BCUT2D eigenvalue weighted by Gasteiger charge is 2.16. The van der Waals surface area contributed by atoms with E-state index >= 15 is 0 Å². The number of halogens is 2. The lowest BCUT2D eigenvalue weighted by Crippen LogP contribution is -2.42. The van der Waals surface area contributed by atoms with E-state index in [2.05, 4.69) is 55.1 Å². The number of aliphatic hydroxyl groups is 2. The maximum Gasteiger partial charge on any atom is 0.220 e. The fraction of sp³-hybridized carbons (Fsp3) is 0.907. The van der Waals surface area contributed by atoms with Crippen LogP contribution in [0.2, 0.25) is 0 Å². The SMILES string of the molecule is CCCCN(CCCC(=O)CCCCC(=O)NCCN(CCNC)CC(O)CCl)CC(CCC)NCCCC(=O)CCCCC(=O)NCCN(CCNC)CC(O)CCl. The number of carbonyl (C=O) groups excluding carboxylic acids is 4. The number of hydrogen-bond donors (Lipinski definition) is 7. The molecular formula is C43H86Cl2N8O6. The van der Waals surface area contributed by atoms with E-state index in [4.69, 9.17) is 23.2 Å². The van der Waals surface area contributed by atoms with Crippen molar-refractivity contribution in [3.05, 3.63) is 0 Å². The molecule has 59 heavy (non-hydrogen) atoms. The smallest absolute Gasteiger partial charge is 0.220 e. The molecule has 0 rings (SSSR count). The molecule has 0 aromatic rings. The van der Waals surface area contributed by atoms with Crippen LogP contribution in [0.1, 0.15) is 117 Å².